The first-order valence-corrected chi connectivity index (χ1v) is 9.87. The fourth-order valence-electron chi connectivity index (χ4n) is 3.68. The van der Waals surface area contributed by atoms with Crippen molar-refractivity contribution >= 4 is 11.7 Å². The van der Waals surface area contributed by atoms with Gasteiger partial charge in [0.15, 0.2) is 5.78 Å². The van der Waals surface area contributed by atoms with E-state index in [9.17, 15) is 14.7 Å². The minimum atomic E-state index is 0.0127. The summed E-state index contributed by atoms with van der Waals surface area (Å²) in [4.78, 5) is 29.1. The number of hydrogen-bond donors (Lipinski definition) is 1. The number of likely N-dealkylation sites (N-methyl/N-ethyl adjacent to an activating group) is 1. The summed E-state index contributed by atoms with van der Waals surface area (Å²) in [7, 11) is 2.04. The van der Waals surface area contributed by atoms with Crippen molar-refractivity contribution in [3.05, 3.63) is 59.7 Å². The molecule has 0 radical (unpaired) electrons. The van der Waals surface area contributed by atoms with Crippen molar-refractivity contribution in [3.63, 3.8) is 0 Å². The minimum Gasteiger partial charge on any atom is -0.396 e. The lowest BCUT2D eigenvalue weighted by atomic mass is 9.98. The van der Waals surface area contributed by atoms with E-state index in [-0.39, 0.29) is 24.3 Å². The minimum absolute atomic E-state index is 0.0127. The van der Waals surface area contributed by atoms with Crippen LogP contribution in [0.25, 0.3) is 11.1 Å². The van der Waals surface area contributed by atoms with E-state index in [1.54, 1.807) is 0 Å². The molecule has 5 heteroatoms. The number of benzene rings is 2. The Bertz CT molecular complexity index is 849. The molecule has 0 aromatic heterocycles. The van der Waals surface area contributed by atoms with Crippen molar-refractivity contribution in [2.75, 3.05) is 33.3 Å². The highest BCUT2D eigenvalue weighted by Crippen LogP contribution is 2.23. The number of rotatable bonds is 6. The number of aliphatic hydroxyl groups excluding tert-OH is 1. The standard InChI is InChI=1S/C23H28N2O3/c1-3-22(27)19-8-4-6-17(14-19)18-7-5-9-20(15-18)23(28)25-12-11-24(2)21(16-25)10-13-26/h4-9,14-15,21,26H,3,10-13,16H2,1-2H3. The zero-order chi connectivity index (χ0) is 20.1. The van der Waals surface area contributed by atoms with Crippen LogP contribution < -0.4 is 0 Å². The number of carbonyl (C=O) groups excluding carboxylic acids is 2. The molecule has 28 heavy (non-hydrogen) atoms. The van der Waals surface area contributed by atoms with Crippen LogP contribution in [0.1, 0.15) is 40.5 Å². The molecule has 0 saturated carbocycles. The molecule has 0 bridgehead atoms. The number of nitrogens with zero attached hydrogens (tertiary/aromatic N) is 2. The number of hydrogen-bond acceptors (Lipinski definition) is 4. The van der Waals surface area contributed by atoms with Crippen molar-refractivity contribution in [1.82, 2.24) is 9.80 Å². The van der Waals surface area contributed by atoms with Gasteiger partial charge in [-0.1, -0.05) is 37.3 Å². The van der Waals surface area contributed by atoms with E-state index in [0.717, 1.165) is 17.7 Å². The second-order valence-electron chi connectivity index (χ2n) is 7.34. The number of amides is 1. The van der Waals surface area contributed by atoms with Crippen LogP contribution >= 0.6 is 0 Å². The van der Waals surface area contributed by atoms with Gasteiger partial charge in [0.2, 0.25) is 0 Å². The van der Waals surface area contributed by atoms with E-state index in [2.05, 4.69) is 4.90 Å². The highest BCUT2D eigenvalue weighted by Gasteiger charge is 2.27. The molecule has 1 amide bonds. The first-order chi connectivity index (χ1) is 13.5. The Labute approximate surface area is 166 Å². The van der Waals surface area contributed by atoms with Gasteiger partial charge in [-0.05, 0) is 42.8 Å². The maximum Gasteiger partial charge on any atom is 0.253 e. The average molecular weight is 380 g/mol. The Hall–Kier alpha value is -2.50. The van der Waals surface area contributed by atoms with Crippen LogP contribution in [0.2, 0.25) is 0 Å². The van der Waals surface area contributed by atoms with Crippen molar-refractivity contribution in [2.24, 2.45) is 0 Å². The Morgan fingerprint density at radius 2 is 1.68 bits per heavy atom. The molecular formula is C23H28N2O3. The maximum atomic E-state index is 13.1. The van der Waals surface area contributed by atoms with Crippen LogP contribution in [0, 0.1) is 0 Å². The number of ketones is 1. The van der Waals surface area contributed by atoms with E-state index in [1.165, 1.54) is 0 Å². The van der Waals surface area contributed by atoms with Crippen LogP contribution in [-0.4, -0.2) is 65.9 Å². The fourth-order valence-corrected chi connectivity index (χ4v) is 3.68. The highest BCUT2D eigenvalue weighted by atomic mass is 16.3. The number of carbonyl (C=O) groups is 2. The summed E-state index contributed by atoms with van der Waals surface area (Å²) in [6, 6.07) is 15.3. The second kappa shape index (κ2) is 9.13. The summed E-state index contributed by atoms with van der Waals surface area (Å²) < 4.78 is 0. The second-order valence-corrected chi connectivity index (χ2v) is 7.34. The molecule has 1 unspecified atom stereocenters. The summed E-state index contributed by atoms with van der Waals surface area (Å²) in [5.74, 6) is 0.125. The molecule has 1 saturated heterocycles. The van der Waals surface area contributed by atoms with Gasteiger partial charge in [0.25, 0.3) is 5.91 Å². The monoisotopic (exact) mass is 380 g/mol. The van der Waals surface area contributed by atoms with Crippen LogP contribution in [0.5, 0.6) is 0 Å². The van der Waals surface area contributed by atoms with Crippen molar-refractivity contribution < 1.29 is 14.7 Å². The SMILES string of the molecule is CCC(=O)c1cccc(-c2cccc(C(=O)N3CCN(C)C(CCO)C3)c2)c1. The van der Waals surface area contributed by atoms with Crippen LogP contribution in [-0.2, 0) is 0 Å². The summed E-state index contributed by atoms with van der Waals surface area (Å²) in [5.41, 5.74) is 3.21. The number of Topliss-reactive ketones (excluding diaryl/α,β-unsaturated/α-hetero) is 1. The van der Waals surface area contributed by atoms with Gasteiger partial charge in [0.1, 0.15) is 0 Å². The Morgan fingerprint density at radius 3 is 2.32 bits per heavy atom. The van der Waals surface area contributed by atoms with Gasteiger partial charge in [0, 0.05) is 49.8 Å². The van der Waals surface area contributed by atoms with Gasteiger partial charge >= 0.3 is 0 Å². The third-order valence-corrected chi connectivity index (χ3v) is 5.48. The van der Waals surface area contributed by atoms with Gasteiger partial charge in [-0.15, -0.1) is 0 Å². The zero-order valence-electron chi connectivity index (χ0n) is 16.6. The first kappa shape index (κ1) is 20.2. The first-order valence-electron chi connectivity index (χ1n) is 9.87. The van der Waals surface area contributed by atoms with Crippen LogP contribution in [0.3, 0.4) is 0 Å². The van der Waals surface area contributed by atoms with E-state index < -0.39 is 0 Å². The van der Waals surface area contributed by atoms with Crippen molar-refractivity contribution in [1.29, 1.82) is 0 Å². The van der Waals surface area contributed by atoms with Gasteiger partial charge in [0.05, 0.1) is 0 Å². The maximum absolute atomic E-state index is 13.1. The van der Waals surface area contributed by atoms with E-state index in [1.807, 2.05) is 67.4 Å². The highest BCUT2D eigenvalue weighted by molar-refractivity contribution is 5.98. The van der Waals surface area contributed by atoms with E-state index in [0.29, 0.717) is 37.1 Å². The largest absolute Gasteiger partial charge is 0.396 e. The van der Waals surface area contributed by atoms with Gasteiger partial charge < -0.3 is 10.0 Å². The average Bonchev–Trinajstić information content (AvgIpc) is 2.74. The molecule has 2 aromatic rings. The van der Waals surface area contributed by atoms with Gasteiger partial charge in [-0.2, -0.15) is 0 Å². The summed E-state index contributed by atoms with van der Waals surface area (Å²) in [6.07, 6.45) is 1.14. The van der Waals surface area contributed by atoms with Crippen molar-refractivity contribution in [2.45, 2.75) is 25.8 Å². The molecule has 0 aliphatic carbocycles. The topological polar surface area (TPSA) is 60.9 Å². The molecule has 1 N–H and O–H groups in total. The Kier molecular flexibility index (Phi) is 6.60. The Morgan fingerprint density at radius 1 is 1.04 bits per heavy atom. The van der Waals surface area contributed by atoms with E-state index >= 15 is 0 Å². The van der Waals surface area contributed by atoms with Crippen LogP contribution in [0.15, 0.2) is 48.5 Å². The molecule has 0 spiro atoms. The third kappa shape index (κ3) is 4.49. The zero-order valence-corrected chi connectivity index (χ0v) is 16.6. The number of aliphatic hydroxyl groups is 1. The lowest BCUT2D eigenvalue weighted by molar-refractivity contribution is 0.0500. The lowest BCUT2D eigenvalue weighted by Crippen LogP contribution is -2.53. The lowest BCUT2D eigenvalue weighted by Gasteiger charge is -2.39. The normalized spacial score (nSPS) is 17.5. The molecule has 1 fully saturated rings. The quantitative estimate of drug-likeness (QED) is 0.783. The van der Waals surface area contributed by atoms with E-state index in [4.69, 9.17) is 0 Å². The van der Waals surface area contributed by atoms with Crippen LogP contribution in [0.4, 0.5) is 0 Å². The molecule has 1 atom stereocenters. The third-order valence-electron chi connectivity index (χ3n) is 5.48. The summed E-state index contributed by atoms with van der Waals surface area (Å²) in [5, 5.41) is 9.27. The van der Waals surface area contributed by atoms with Crippen molar-refractivity contribution in [3.8, 4) is 11.1 Å². The predicted molar refractivity (Wildman–Crippen MR) is 111 cm³/mol. The molecule has 148 valence electrons. The molecule has 3 rings (SSSR count). The molecule has 1 heterocycles. The molecule has 5 nitrogen and oxygen atoms in total. The fraction of sp³-hybridized carbons (Fsp3) is 0.391. The number of piperazine rings is 1. The smallest absolute Gasteiger partial charge is 0.253 e. The molecular weight excluding hydrogens is 352 g/mol. The summed E-state index contributed by atoms with van der Waals surface area (Å²) in [6.45, 7) is 4.09. The van der Waals surface area contributed by atoms with Gasteiger partial charge in [-0.3, -0.25) is 14.5 Å². The molecule has 2 aromatic carbocycles. The molecule has 1 aliphatic heterocycles. The Balaban J connectivity index is 1.81. The van der Waals surface area contributed by atoms with Gasteiger partial charge in [-0.25, -0.2) is 0 Å². The predicted octanol–water partition coefficient (Wildman–Crippen LogP) is 3.08. The summed E-state index contributed by atoms with van der Waals surface area (Å²) >= 11 is 0. The molecule has 1 aliphatic rings.